The van der Waals surface area contributed by atoms with Crippen LogP contribution in [0.15, 0.2) is 36.4 Å². The maximum Gasteiger partial charge on any atom is 0.121 e. The maximum atomic E-state index is 9.61. The van der Waals surface area contributed by atoms with E-state index in [4.69, 9.17) is 9.47 Å². The predicted octanol–water partition coefficient (Wildman–Crippen LogP) is 3.39. The van der Waals surface area contributed by atoms with Crippen LogP contribution in [0, 0.1) is 13.8 Å². The molecule has 5 heteroatoms. The Morgan fingerprint density at radius 2 is 1.48 bits per heavy atom. The third kappa shape index (κ3) is 5.50. The lowest BCUT2D eigenvalue weighted by atomic mass is 10.0. The number of aliphatic hydroxyl groups excluding tert-OH is 1. The van der Waals surface area contributed by atoms with Gasteiger partial charge in [0, 0.05) is 45.4 Å². The zero-order valence-electron chi connectivity index (χ0n) is 18.1. The van der Waals surface area contributed by atoms with Crippen LogP contribution in [0.25, 0.3) is 0 Å². The van der Waals surface area contributed by atoms with E-state index in [2.05, 4.69) is 54.0 Å². The van der Waals surface area contributed by atoms with Crippen LogP contribution in [-0.2, 0) is 13.1 Å². The molecule has 2 aromatic rings. The molecule has 158 valence electrons. The summed E-state index contributed by atoms with van der Waals surface area (Å²) in [5.41, 5.74) is 4.94. The van der Waals surface area contributed by atoms with E-state index in [1.165, 1.54) is 16.7 Å². The molecule has 1 saturated heterocycles. The van der Waals surface area contributed by atoms with Crippen LogP contribution in [0.5, 0.6) is 11.5 Å². The quantitative estimate of drug-likeness (QED) is 0.739. The number of nitrogens with zero attached hydrogens (tertiary/aromatic N) is 2. The summed E-state index contributed by atoms with van der Waals surface area (Å²) in [6.07, 6.45) is 0.799. The Kier molecular flexibility index (Phi) is 7.53. The lowest BCUT2D eigenvalue weighted by Gasteiger charge is -2.41. The Hall–Kier alpha value is -2.08. The van der Waals surface area contributed by atoms with Crippen LogP contribution in [0.1, 0.15) is 28.7 Å². The van der Waals surface area contributed by atoms with Gasteiger partial charge in [0.15, 0.2) is 0 Å². The van der Waals surface area contributed by atoms with Crippen molar-refractivity contribution in [3.63, 3.8) is 0 Å². The van der Waals surface area contributed by atoms with E-state index in [1.807, 2.05) is 6.07 Å². The molecule has 1 fully saturated rings. The average molecular weight is 399 g/mol. The highest BCUT2D eigenvalue weighted by Gasteiger charge is 2.26. The van der Waals surface area contributed by atoms with E-state index in [0.29, 0.717) is 6.04 Å². The van der Waals surface area contributed by atoms with Crippen molar-refractivity contribution in [2.24, 2.45) is 0 Å². The van der Waals surface area contributed by atoms with Crippen molar-refractivity contribution in [2.45, 2.75) is 39.4 Å². The molecule has 0 aromatic heterocycles. The Morgan fingerprint density at radius 3 is 2.00 bits per heavy atom. The lowest BCUT2D eigenvalue weighted by Crippen LogP contribution is -2.52. The molecule has 0 bridgehead atoms. The number of rotatable bonds is 8. The number of ether oxygens (including phenoxy) is 2. The largest absolute Gasteiger partial charge is 0.496 e. The summed E-state index contributed by atoms with van der Waals surface area (Å²) in [6.45, 7) is 9.24. The minimum Gasteiger partial charge on any atom is -0.496 e. The molecule has 0 unspecified atom stereocenters. The normalized spacial score (nSPS) is 18.0. The van der Waals surface area contributed by atoms with Gasteiger partial charge in [-0.3, -0.25) is 9.80 Å². The zero-order chi connectivity index (χ0) is 20.8. The van der Waals surface area contributed by atoms with Crippen LogP contribution in [0.2, 0.25) is 0 Å². The summed E-state index contributed by atoms with van der Waals surface area (Å²) in [5.74, 6) is 1.87. The Morgan fingerprint density at radius 1 is 0.897 bits per heavy atom. The molecule has 2 aromatic carbocycles. The highest BCUT2D eigenvalue weighted by atomic mass is 16.5. The Labute approximate surface area is 174 Å². The molecule has 1 heterocycles. The molecule has 0 saturated carbocycles. The summed E-state index contributed by atoms with van der Waals surface area (Å²) >= 11 is 0. The van der Waals surface area contributed by atoms with Gasteiger partial charge in [0.2, 0.25) is 0 Å². The van der Waals surface area contributed by atoms with Gasteiger partial charge < -0.3 is 14.6 Å². The van der Waals surface area contributed by atoms with E-state index >= 15 is 0 Å². The molecular weight excluding hydrogens is 364 g/mol. The molecule has 29 heavy (non-hydrogen) atoms. The van der Waals surface area contributed by atoms with E-state index in [-0.39, 0.29) is 6.61 Å². The molecule has 0 spiro atoms. The standard InChI is InChI=1S/C24H34N2O3/c1-18-13-20(5-7-23(18)28-3)15-25-10-11-26(22(17-25)9-12-27)16-21-6-8-24(29-4)19(2)14-21/h5-8,13-14,22,27H,9-12,15-17H2,1-4H3/t22-/m0/s1. The van der Waals surface area contributed by atoms with Gasteiger partial charge in [-0.1, -0.05) is 24.3 Å². The molecule has 0 radical (unpaired) electrons. The fourth-order valence-electron chi connectivity index (χ4n) is 4.30. The summed E-state index contributed by atoms with van der Waals surface area (Å²) in [6, 6.07) is 13.2. The molecule has 1 aliphatic heterocycles. The number of piperazine rings is 1. The fourth-order valence-corrected chi connectivity index (χ4v) is 4.30. The Bertz CT molecular complexity index is 809. The summed E-state index contributed by atoms with van der Waals surface area (Å²) in [7, 11) is 3.42. The molecule has 5 nitrogen and oxygen atoms in total. The van der Waals surface area contributed by atoms with Gasteiger partial charge in [0.05, 0.1) is 14.2 Å². The van der Waals surface area contributed by atoms with Crippen LogP contribution in [-0.4, -0.2) is 61.4 Å². The highest BCUT2D eigenvalue weighted by Crippen LogP contribution is 2.24. The smallest absolute Gasteiger partial charge is 0.121 e. The third-order valence-electron chi connectivity index (χ3n) is 5.86. The highest BCUT2D eigenvalue weighted by molar-refractivity contribution is 5.37. The second kappa shape index (κ2) is 10.1. The predicted molar refractivity (Wildman–Crippen MR) is 117 cm³/mol. The van der Waals surface area contributed by atoms with E-state index in [9.17, 15) is 5.11 Å². The zero-order valence-corrected chi connectivity index (χ0v) is 18.1. The van der Waals surface area contributed by atoms with Gasteiger partial charge in [-0.25, -0.2) is 0 Å². The maximum absolute atomic E-state index is 9.61. The fraction of sp³-hybridized carbons (Fsp3) is 0.500. The third-order valence-corrected chi connectivity index (χ3v) is 5.86. The first-order valence-corrected chi connectivity index (χ1v) is 10.4. The van der Waals surface area contributed by atoms with Crippen molar-refractivity contribution in [3.05, 3.63) is 58.7 Å². The number of hydrogen-bond donors (Lipinski definition) is 1. The molecule has 0 aliphatic carbocycles. The second-order valence-corrected chi connectivity index (χ2v) is 7.98. The van der Waals surface area contributed by atoms with Gasteiger partial charge in [0.25, 0.3) is 0 Å². The molecule has 1 N–H and O–H groups in total. The Balaban J connectivity index is 1.64. The number of methoxy groups -OCH3 is 2. The minimum atomic E-state index is 0.221. The number of benzene rings is 2. The number of aliphatic hydroxyl groups is 1. The van der Waals surface area contributed by atoms with Crippen LogP contribution < -0.4 is 9.47 Å². The van der Waals surface area contributed by atoms with Crippen LogP contribution in [0.4, 0.5) is 0 Å². The van der Waals surface area contributed by atoms with Crippen LogP contribution in [0.3, 0.4) is 0 Å². The van der Waals surface area contributed by atoms with Gasteiger partial charge in [-0.05, 0) is 54.7 Å². The van der Waals surface area contributed by atoms with Crippen LogP contribution >= 0.6 is 0 Å². The van der Waals surface area contributed by atoms with Crippen molar-refractivity contribution in [2.75, 3.05) is 40.5 Å². The summed E-state index contributed by atoms with van der Waals surface area (Å²) in [5, 5.41) is 9.61. The summed E-state index contributed by atoms with van der Waals surface area (Å²) in [4.78, 5) is 5.00. The van der Waals surface area contributed by atoms with Crippen molar-refractivity contribution >= 4 is 0 Å². The molecule has 1 aliphatic rings. The molecule has 3 rings (SSSR count). The van der Waals surface area contributed by atoms with Gasteiger partial charge >= 0.3 is 0 Å². The molecular formula is C24H34N2O3. The first-order valence-electron chi connectivity index (χ1n) is 10.4. The van der Waals surface area contributed by atoms with Crippen molar-refractivity contribution in [1.29, 1.82) is 0 Å². The topological polar surface area (TPSA) is 45.2 Å². The molecule has 0 amide bonds. The van der Waals surface area contributed by atoms with E-state index in [1.54, 1.807) is 14.2 Å². The first-order chi connectivity index (χ1) is 14.0. The lowest BCUT2D eigenvalue weighted by molar-refractivity contribution is 0.0499. The summed E-state index contributed by atoms with van der Waals surface area (Å²) < 4.78 is 10.8. The average Bonchev–Trinajstić information content (AvgIpc) is 2.70. The van der Waals surface area contributed by atoms with Crippen molar-refractivity contribution < 1.29 is 14.6 Å². The first kappa shape index (κ1) is 21.6. The second-order valence-electron chi connectivity index (χ2n) is 7.98. The minimum absolute atomic E-state index is 0.221. The monoisotopic (exact) mass is 398 g/mol. The number of hydrogen-bond acceptors (Lipinski definition) is 5. The van der Waals surface area contributed by atoms with E-state index in [0.717, 1.165) is 56.2 Å². The number of aryl methyl sites for hydroxylation is 2. The van der Waals surface area contributed by atoms with Crippen molar-refractivity contribution in [3.8, 4) is 11.5 Å². The van der Waals surface area contributed by atoms with E-state index < -0.39 is 0 Å². The van der Waals surface area contributed by atoms with Gasteiger partial charge in [0.1, 0.15) is 11.5 Å². The molecule has 1 atom stereocenters. The SMILES string of the molecule is COc1ccc(CN2CCN(Cc3ccc(OC)c(C)c3)[C@@H](CCO)C2)cc1C. The van der Waals surface area contributed by atoms with Gasteiger partial charge in [-0.15, -0.1) is 0 Å². The van der Waals surface area contributed by atoms with Crippen molar-refractivity contribution in [1.82, 2.24) is 9.80 Å². The van der Waals surface area contributed by atoms with Gasteiger partial charge in [-0.2, -0.15) is 0 Å².